The van der Waals surface area contributed by atoms with Gasteiger partial charge in [-0.15, -0.1) is 0 Å². The van der Waals surface area contributed by atoms with E-state index >= 15 is 0 Å². The second-order valence-corrected chi connectivity index (χ2v) is 8.74. The van der Waals surface area contributed by atoms with Gasteiger partial charge in [-0.25, -0.2) is 23.5 Å². The minimum absolute atomic E-state index is 0.0826. The average molecular weight is 500 g/mol. The molecule has 3 aliphatic rings. The number of halogens is 1. The summed E-state index contributed by atoms with van der Waals surface area (Å²) >= 11 is 3.16. The third-order valence-electron chi connectivity index (χ3n) is 6.35. The van der Waals surface area contributed by atoms with Crippen molar-refractivity contribution in [3.8, 4) is 11.5 Å². The number of nitrogens with zero attached hydrogens (tertiary/aromatic N) is 3. The van der Waals surface area contributed by atoms with E-state index in [4.69, 9.17) is 4.74 Å². The fraction of sp³-hybridized carbons (Fsp3) is 0.273. The lowest BCUT2D eigenvalue weighted by Crippen LogP contribution is -2.40. The van der Waals surface area contributed by atoms with Crippen LogP contribution in [0.4, 0.5) is 0 Å². The zero-order chi connectivity index (χ0) is 22.9. The van der Waals surface area contributed by atoms with Crippen LogP contribution in [0.25, 0.3) is 0 Å². The van der Waals surface area contributed by atoms with Crippen molar-refractivity contribution >= 4 is 27.5 Å². The number of aromatic nitrogens is 3. The first-order valence-corrected chi connectivity index (χ1v) is 10.7. The Morgan fingerprint density at radius 1 is 1.16 bits per heavy atom. The molecule has 0 saturated heterocycles. The molecule has 164 valence electrons. The summed E-state index contributed by atoms with van der Waals surface area (Å²) in [4.78, 5) is 51.5. The van der Waals surface area contributed by atoms with E-state index in [0.717, 1.165) is 4.57 Å². The Balaban J connectivity index is 1.81. The number of rotatable bonds is 2. The summed E-state index contributed by atoms with van der Waals surface area (Å²) in [6.45, 7) is 0.131. The second kappa shape index (κ2) is 7.06. The molecule has 0 bridgehead atoms. The van der Waals surface area contributed by atoms with Crippen molar-refractivity contribution in [1.82, 2.24) is 13.9 Å². The van der Waals surface area contributed by atoms with Crippen LogP contribution in [0.15, 0.2) is 61.1 Å². The highest BCUT2D eigenvalue weighted by atomic mass is 79.9. The first-order chi connectivity index (χ1) is 15.3. The third kappa shape index (κ3) is 2.62. The van der Waals surface area contributed by atoms with Crippen molar-refractivity contribution in [2.45, 2.75) is 24.9 Å². The zero-order valence-corrected chi connectivity index (χ0v) is 18.7. The van der Waals surface area contributed by atoms with Crippen LogP contribution >= 0.6 is 15.9 Å². The number of carbonyl (C=O) groups is 2. The van der Waals surface area contributed by atoms with Crippen molar-refractivity contribution in [3.63, 3.8) is 0 Å². The maximum absolute atomic E-state index is 13.1. The molecule has 1 aliphatic heterocycles. The van der Waals surface area contributed by atoms with Crippen LogP contribution in [0.3, 0.4) is 0 Å². The van der Waals surface area contributed by atoms with Crippen molar-refractivity contribution in [3.05, 3.63) is 78.1 Å². The maximum Gasteiger partial charge on any atom is 0.347 e. The lowest BCUT2D eigenvalue weighted by molar-refractivity contribution is -0.115. The van der Waals surface area contributed by atoms with Crippen LogP contribution in [0, 0.1) is 0 Å². The molecular weight excluding hydrogens is 482 g/mol. The number of ketones is 2. The van der Waals surface area contributed by atoms with Gasteiger partial charge in [0.1, 0.15) is 0 Å². The molecule has 0 spiro atoms. The molecule has 2 aromatic rings. The number of carbonyl (C=O) groups excluding carboxylic acids is 2. The van der Waals surface area contributed by atoms with Gasteiger partial charge in [0, 0.05) is 42.2 Å². The molecule has 0 unspecified atom stereocenters. The SMILES string of the molecule is COc1cccc([C@H]2C3=CCn4c(=O)n(C)c(=O)n4[C@@H]3CC3=C2C(=O)C=C(Br)C3=O)c1O. The Bertz CT molecular complexity index is 1430. The van der Waals surface area contributed by atoms with Gasteiger partial charge in [0.2, 0.25) is 0 Å². The number of benzene rings is 1. The minimum atomic E-state index is -0.775. The molecular formula is C22H18BrN3O6. The average Bonchev–Trinajstić information content (AvgIpc) is 3.00. The standard InChI is InChI=1S/C22H18BrN3O6/c1-24-21(30)25-7-6-10-14(26(25)22(24)31)8-12-18(15(27)9-13(23)19(12)28)17(10)11-4-3-5-16(32-2)20(11)29/h3-6,9,14,17,29H,7-8H2,1-2H3/t14-,17-/m1/s1. The monoisotopic (exact) mass is 499 g/mol. The van der Waals surface area contributed by atoms with E-state index in [1.807, 2.05) is 0 Å². The number of allylic oxidation sites excluding steroid dienone is 6. The minimum Gasteiger partial charge on any atom is -0.504 e. The Hall–Kier alpha value is -3.40. The molecule has 1 aromatic heterocycles. The molecule has 2 heterocycles. The number of hydrogen-bond donors (Lipinski definition) is 1. The summed E-state index contributed by atoms with van der Waals surface area (Å²) in [5, 5.41) is 10.9. The van der Waals surface area contributed by atoms with E-state index in [0.29, 0.717) is 11.1 Å². The highest BCUT2D eigenvalue weighted by Crippen LogP contribution is 2.52. The van der Waals surface area contributed by atoms with Gasteiger partial charge in [-0.1, -0.05) is 18.2 Å². The number of Topliss-reactive ketones (excluding diaryl/α,β-unsaturated/α-hetero) is 1. The van der Waals surface area contributed by atoms with E-state index in [1.54, 1.807) is 24.3 Å². The molecule has 0 saturated carbocycles. The number of aromatic hydroxyl groups is 1. The Morgan fingerprint density at radius 3 is 2.62 bits per heavy atom. The predicted molar refractivity (Wildman–Crippen MR) is 117 cm³/mol. The van der Waals surface area contributed by atoms with Gasteiger partial charge < -0.3 is 9.84 Å². The lowest BCUT2D eigenvalue weighted by atomic mass is 9.68. The largest absolute Gasteiger partial charge is 0.504 e. The van der Waals surface area contributed by atoms with Gasteiger partial charge in [0.15, 0.2) is 23.1 Å². The Kier molecular flexibility index (Phi) is 4.52. The van der Waals surface area contributed by atoms with Gasteiger partial charge in [0.05, 0.1) is 24.2 Å². The van der Waals surface area contributed by atoms with Crippen molar-refractivity contribution in [2.24, 2.45) is 7.05 Å². The summed E-state index contributed by atoms with van der Waals surface area (Å²) in [5.41, 5.74) is 0.623. The van der Waals surface area contributed by atoms with E-state index in [-0.39, 0.29) is 51.7 Å². The summed E-state index contributed by atoms with van der Waals surface area (Å²) in [5.74, 6) is -1.40. The summed E-state index contributed by atoms with van der Waals surface area (Å²) in [6, 6.07) is 4.28. The zero-order valence-electron chi connectivity index (χ0n) is 17.2. The molecule has 10 heteroatoms. The molecule has 2 atom stereocenters. The highest BCUT2D eigenvalue weighted by Gasteiger charge is 2.45. The fourth-order valence-electron chi connectivity index (χ4n) is 4.88. The van der Waals surface area contributed by atoms with E-state index in [1.165, 1.54) is 29.6 Å². The maximum atomic E-state index is 13.1. The molecule has 2 aliphatic carbocycles. The quantitative estimate of drug-likeness (QED) is 0.494. The second-order valence-electron chi connectivity index (χ2n) is 7.88. The number of hydrogen-bond acceptors (Lipinski definition) is 6. The predicted octanol–water partition coefficient (Wildman–Crippen LogP) is 1.46. The first kappa shape index (κ1) is 20.5. The van der Waals surface area contributed by atoms with Crippen LogP contribution in [0.1, 0.15) is 23.9 Å². The highest BCUT2D eigenvalue weighted by molar-refractivity contribution is 9.12. The number of phenolic OH excluding ortho intramolecular Hbond substituents is 1. The van der Waals surface area contributed by atoms with Gasteiger partial charge in [-0.2, -0.15) is 0 Å². The van der Waals surface area contributed by atoms with Gasteiger partial charge in [-0.05, 0) is 27.6 Å². The molecule has 0 radical (unpaired) electrons. The lowest BCUT2D eigenvalue weighted by Gasteiger charge is -2.39. The van der Waals surface area contributed by atoms with E-state index in [9.17, 15) is 24.3 Å². The molecule has 1 N–H and O–H groups in total. The van der Waals surface area contributed by atoms with Gasteiger partial charge >= 0.3 is 11.4 Å². The smallest absolute Gasteiger partial charge is 0.347 e. The summed E-state index contributed by atoms with van der Waals surface area (Å²) in [6.07, 6.45) is 3.11. The van der Waals surface area contributed by atoms with Crippen LogP contribution in [-0.4, -0.2) is 37.7 Å². The van der Waals surface area contributed by atoms with Gasteiger partial charge in [-0.3, -0.25) is 9.59 Å². The summed E-state index contributed by atoms with van der Waals surface area (Å²) < 4.78 is 9.07. The molecule has 0 fully saturated rings. The van der Waals surface area contributed by atoms with Gasteiger partial charge in [0.25, 0.3) is 0 Å². The van der Waals surface area contributed by atoms with E-state index in [2.05, 4.69) is 15.9 Å². The van der Waals surface area contributed by atoms with Crippen LogP contribution in [0.2, 0.25) is 0 Å². The molecule has 32 heavy (non-hydrogen) atoms. The van der Waals surface area contributed by atoms with Crippen LogP contribution in [-0.2, 0) is 23.2 Å². The molecule has 0 amide bonds. The number of fused-ring (bicyclic) bond motifs is 3. The molecule has 1 aromatic carbocycles. The number of para-hydroxylation sites is 1. The molecule has 9 nitrogen and oxygen atoms in total. The van der Waals surface area contributed by atoms with Crippen molar-refractivity contribution < 1.29 is 19.4 Å². The van der Waals surface area contributed by atoms with E-state index < -0.39 is 23.3 Å². The topological polar surface area (TPSA) is 113 Å². The Morgan fingerprint density at radius 2 is 1.91 bits per heavy atom. The normalized spacial score (nSPS) is 22.1. The molecule has 5 rings (SSSR count). The van der Waals surface area contributed by atoms with Crippen molar-refractivity contribution in [2.75, 3.05) is 7.11 Å². The van der Waals surface area contributed by atoms with Crippen LogP contribution in [0.5, 0.6) is 11.5 Å². The number of ether oxygens (including phenoxy) is 1. The third-order valence-corrected chi connectivity index (χ3v) is 6.94. The first-order valence-electron chi connectivity index (χ1n) is 9.89. The van der Waals surface area contributed by atoms with Crippen LogP contribution < -0.4 is 16.1 Å². The van der Waals surface area contributed by atoms with Crippen molar-refractivity contribution in [1.29, 1.82) is 0 Å². The fourth-order valence-corrected chi connectivity index (χ4v) is 5.33. The summed E-state index contributed by atoms with van der Waals surface area (Å²) in [7, 11) is 2.82. The number of phenols is 1. The number of methoxy groups -OCH3 is 1. The Labute approximate surface area is 189 Å².